The molecule has 2 aromatic heterocycles. The first-order valence-corrected chi connectivity index (χ1v) is 15.7. The summed E-state index contributed by atoms with van der Waals surface area (Å²) in [6, 6.07) is 44.2. The quantitative estimate of drug-likeness (QED) is 0.201. The molecular formula is C42H32N2. The van der Waals surface area contributed by atoms with E-state index in [1.807, 2.05) is 0 Å². The molecule has 2 heterocycles. The van der Waals surface area contributed by atoms with Gasteiger partial charge in [-0.15, -0.1) is 0 Å². The molecule has 0 N–H and O–H groups in total. The lowest BCUT2D eigenvalue weighted by Gasteiger charge is -2.18. The van der Waals surface area contributed by atoms with Gasteiger partial charge in [0, 0.05) is 44.7 Å². The van der Waals surface area contributed by atoms with Crippen LogP contribution in [0.5, 0.6) is 0 Å². The highest BCUT2D eigenvalue weighted by molar-refractivity contribution is 6.24. The number of rotatable bonds is 4. The highest BCUT2D eigenvalue weighted by atomic mass is 15.0. The second-order valence-electron chi connectivity index (χ2n) is 12.0. The monoisotopic (exact) mass is 564 g/mol. The van der Waals surface area contributed by atoms with Gasteiger partial charge in [0.1, 0.15) is 0 Å². The third-order valence-electron chi connectivity index (χ3n) is 9.54. The van der Waals surface area contributed by atoms with Gasteiger partial charge in [-0.05, 0) is 72.4 Å². The van der Waals surface area contributed by atoms with Crippen molar-refractivity contribution in [1.82, 2.24) is 9.13 Å². The molecule has 0 fully saturated rings. The number of hydrogen-bond donors (Lipinski definition) is 0. The van der Waals surface area contributed by atoms with E-state index in [9.17, 15) is 0 Å². The van der Waals surface area contributed by atoms with Crippen LogP contribution >= 0.6 is 0 Å². The van der Waals surface area contributed by atoms with Crippen LogP contribution in [0.25, 0.3) is 61.3 Å². The summed E-state index contributed by atoms with van der Waals surface area (Å²) in [6.45, 7) is 0. The number of aromatic nitrogens is 2. The van der Waals surface area contributed by atoms with E-state index in [-0.39, 0.29) is 0 Å². The van der Waals surface area contributed by atoms with Crippen molar-refractivity contribution in [2.24, 2.45) is 0 Å². The highest BCUT2D eigenvalue weighted by Gasteiger charge is 2.24. The van der Waals surface area contributed by atoms with Crippen molar-refractivity contribution in [2.75, 3.05) is 0 Å². The van der Waals surface area contributed by atoms with Gasteiger partial charge in [0.25, 0.3) is 0 Å². The number of para-hydroxylation sites is 1. The van der Waals surface area contributed by atoms with Gasteiger partial charge in [-0.3, -0.25) is 0 Å². The molecule has 7 aromatic rings. The smallest absolute Gasteiger partial charge is 0.0548 e. The molecule has 1 atom stereocenters. The first-order chi connectivity index (χ1) is 21.8. The number of hydrogen-bond acceptors (Lipinski definition) is 0. The minimum atomic E-state index is 0.416. The summed E-state index contributed by atoms with van der Waals surface area (Å²) in [5.74, 6) is 0.416. The zero-order valence-corrected chi connectivity index (χ0v) is 24.5. The molecule has 0 saturated heterocycles. The zero-order valence-electron chi connectivity index (χ0n) is 24.5. The Balaban J connectivity index is 1.24. The normalized spacial score (nSPS) is 16.1. The second-order valence-corrected chi connectivity index (χ2v) is 12.0. The fourth-order valence-corrected chi connectivity index (χ4v) is 7.49. The molecule has 0 spiro atoms. The summed E-state index contributed by atoms with van der Waals surface area (Å²) in [6.07, 6.45) is 14.9. The molecule has 0 aliphatic heterocycles. The summed E-state index contributed by atoms with van der Waals surface area (Å²) in [4.78, 5) is 0. The van der Waals surface area contributed by atoms with Crippen molar-refractivity contribution in [2.45, 2.75) is 25.2 Å². The van der Waals surface area contributed by atoms with Crippen molar-refractivity contribution in [3.05, 3.63) is 162 Å². The minimum absolute atomic E-state index is 0.416. The van der Waals surface area contributed by atoms with Crippen molar-refractivity contribution in [1.29, 1.82) is 0 Å². The topological polar surface area (TPSA) is 9.86 Å². The Hall–Kier alpha value is -5.34. The van der Waals surface area contributed by atoms with E-state index >= 15 is 0 Å². The number of fused-ring (bicyclic) bond motifs is 7. The molecule has 44 heavy (non-hydrogen) atoms. The Morgan fingerprint density at radius 3 is 2.05 bits per heavy atom. The van der Waals surface area contributed by atoms with E-state index in [0.717, 1.165) is 19.3 Å². The minimum Gasteiger partial charge on any atom is -0.313 e. The van der Waals surface area contributed by atoms with Crippen LogP contribution in [-0.2, 0) is 6.42 Å². The van der Waals surface area contributed by atoms with E-state index in [4.69, 9.17) is 0 Å². The molecule has 1 unspecified atom stereocenters. The van der Waals surface area contributed by atoms with Gasteiger partial charge in [-0.2, -0.15) is 0 Å². The van der Waals surface area contributed by atoms with E-state index in [1.165, 1.54) is 72.0 Å². The van der Waals surface area contributed by atoms with Gasteiger partial charge in [0.05, 0.1) is 16.6 Å². The van der Waals surface area contributed by atoms with Crippen LogP contribution in [0.1, 0.15) is 35.6 Å². The molecular weight excluding hydrogens is 532 g/mol. The van der Waals surface area contributed by atoms with E-state index < -0.39 is 0 Å². The summed E-state index contributed by atoms with van der Waals surface area (Å²) in [5.41, 5.74) is 12.9. The third-order valence-corrected chi connectivity index (χ3v) is 9.54. The Labute approximate surface area is 257 Å². The van der Waals surface area contributed by atoms with Crippen LogP contribution in [0.2, 0.25) is 0 Å². The maximum absolute atomic E-state index is 2.51. The highest BCUT2D eigenvalue weighted by Crippen LogP contribution is 2.43. The van der Waals surface area contributed by atoms with Gasteiger partial charge in [0.15, 0.2) is 0 Å². The van der Waals surface area contributed by atoms with Crippen LogP contribution in [-0.4, -0.2) is 9.13 Å². The maximum atomic E-state index is 2.51. The maximum Gasteiger partial charge on any atom is 0.0548 e. The SMILES string of the molecule is C1=Cc2c(n(-c3ccc(-c4ccccc4)cc3)c3ccc4c(c5ccccc5n4C4=CCC(c5ccccc5)C=C4)c23)CC1. The lowest BCUT2D eigenvalue weighted by atomic mass is 9.92. The van der Waals surface area contributed by atoms with Crippen LogP contribution in [0.3, 0.4) is 0 Å². The predicted molar refractivity (Wildman–Crippen MR) is 186 cm³/mol. The van der Waals surface area contributed by atoms with Crippen molar-refractivity contribution < 1.29 is 0 Å². The van der Waals surface area contributed by atoms with Crippen molar-refractivity contribution in [3.63, 3.8) is 0 Å². The van der Waals surface area contributed by atoms with Crippen LogP contribution in [0.4, 0.5) is 0 Å². The second kappa shape index (κ2) is 10.1. The summed E-state index contributed by atoms with van der Waals surface area (Å²) in [5, 5.41) is 4.02. The lowest BCUT2D eigenvalue weighted by molar-refractivity contribution is 0.850. The van der Waals surface area contributed by atoms with Gasteiger partial charge >= 0.3 is 0 Å². The van der Waals surface area contributed by atoms with Crippen molar-refractivity contribution in [3.8, 4) is 16.8 Å². The molecule has 9 rings (SSSR count). The lowest BCUT2D eigenvalue weighted by Crippen LogP contribution is -2.03. The molecule has 0 radical (unpaired) electrons. The predicted octanol–water partition coefficient (Wildman–Crippen LogP) is 10.9. The summed E-state index contributed by atoms with van der Waals surface area (Å²) < 4.78 is 4.99. The Kier molecular flexibility index (Phi) is 5.80. The Morgan fingerprint density at radius 1 is 0.568 bits per heavy atom. The molecule has 2 aliphatic carbocycles. The van der Waals surface area contributed by atoms with Crippen LogP contribution < -0.4 is 0 Å². The fraction of sp³-hybridized carbons (Fsp3) is 0.0952. The Bertz CT molecular complexity index is 2270. The van der Waals surface area contributed by atoms with Crippen LogP contribution in [0, 0.1) is 0 Å². The molecule has 0 amide bonds. The van der Waals surface area contributed by atoms with Gasteiger partial charge in [0.2, 0.25) is 0 Å². The standard InChI is InChI=1S/C42H32N2/c1-3-11-29(12-4-1)31-19-23-33(24-20-31)43-37-17-9-7-15-35(37)41-39(43)27-28-40-42(41)36-16-8-10-18-38(36)44(40)34-25-21-32(22-26-34)30-13-5-2-6-14-30/h1-9,11-17,19,21-28,31H,10,18,20H2. The van der Waals surface area contributed by atoms with E-state index in [0.29, 0.717) is 5.92 Å². The molecule has 210 valence electrons. The number of benzene rings is 5. The average Bonchev–Trinajstić information content (AvgIpc) is 3.62. The first-order valence-electron chi connectivity index (χ1n) is 15.7. The van der Waals surface area contributed by atoms with E-state index in [1.54, 1.807) is 0 Å². The number of nitrogens with zero attached hydrogens (tertiary/aromatic N) is 2. The van der Waals surface area contributed by atoms with Crippen molar-refractivity contribution >= 4 is 44.5 Å². The summed E-state index contributed by atoms with van der Waals surface area (Å²) >= 11 is 0. The summed E-state index contributed by atoms with van der Waals surface area (Å²) in [7, 11) is 0. The van der Waals surface area contributed by atoms with Gasteiger partial charge in [-0.1, -0.05) is 115 Å². The zero-order chi connectivity index (χ0) is 29.0. The third kappa shape index (κ3) is 3.88. The molecule has 2 heteroatoms. The average molecular weight is 565 g/mol. The Morgan fingerprint density at radius 2 is 1.27 bits per heavy atom. The van der Waals surface area contributed by atoms with E-state index in [2.05, 4.69) is 161 Å². The van der Waals surface area contributed by atoms with Gasteiger partial charge < -0.3 is 9.13 Å². The first kappa shape index (κ1) is 25.2. The molecule has 0 bridgehead atoms. The number of allylic oxidation sites excluding steroid dienone is 5. The van der Waals surface area contributed by atoms with Gasteiger partial charge in [-0.25, -0.2) is 0 Å². The molecule has 2 aliphatic rings. The fourth-order valence-electron chi connectivity index (χ4n) is 7.49. The molecule has 5 aromatic carbocycles. The largest absolute Gasteiger partial charge is 0.313 e. The molecule has 0 saturated carbocycles. The van der Waals surface area contributed by atoms with Crippen LogP contribution in [0.15, 0.2) is 146 Å². The molecule has 2 nitrogen and oxygen atoms in total.